The summed E-state index contributed by atoms with van der Waals surface area (Å²) in [7, 11) is 0. The maximum Gasteiger partial charge on any atom is 0.410 e. The minimum absolute atomic E-state index is 0.107. The van der Waals surface area contributed by atoms with Gasteiger partial charge >= 0.3 is 6.09 Å². The van der Waals surface area contributed by atoms with Gasteiger partial charge in [0.15, 0.2) is 5.82 Å². The first-order valence-electron chi connectivity index (χ1n) is 9.61. The summed E-state index contributed by atoms with van der Waals surface area (Å²) < 4.78 is 19.9. The maximum absolute atomic E-state index is 14.5. The van der Waals surface area contributed by atoms with Crippen LogP contribution in [0, 0.1) is 5.82 Å². The van der Waals surface area contributed by atoms with E-state index in [0.29, 0.717) is 38.4 Å². The number of carbonyl (C=O) groups excluding carboxylic acids is 3. The van der Waals surface area contributed by atoms with Crippen molar-refractivity contribution in [2.24, 2.45) is 0 Å². The van der Waals surface area contributed by atoms with Gasteiger partial charge in [-0.3, -0.25) is 14.9 Å². The van der Waals surface area contributed by atoms with Crippen LogP contribution in [0.25, 0.3) is 0 Å². The highest BCUT2D eigenvalue weighted by atomic mass is 19.1. The van der Waals surface area contributed by atoms with Gasteiger partial charge in [0.25, 0.3) is 0 Å². The molecule has 0 saturated carbocycles. The highest BCUT2D eigenvalue weighted by Crippen LogP contribution is 2.22. The molecule has 2 aliphatic rings. The smallest absolute Gasteiger partial charge is 0.410 e. The van der Waals surface area contributed by atoms with Crippen molar-refractivity contribution in [2.75, 3.05) is 36.4 Å². The van der Waals surface area contributed by atoms with E-state index in [9.17, 15) is 18.8 Å². The van der Waals surface area contributed by atoms with Gasteiger partial charge in [-0.25, -0.2) is 14.2 Å². The Bertz CT molecular complexity index is 802. The second-order valence-corrected chi connectivity index (χ2v) is 8.12. The molecule has 29 heavy (non-hydrogen) atoms. The van der Waals surface area contributed by atoms with E-state index in [1.807, 2.05) is 25.7 Å². The largest absolute Gasteiger partial charge is 0.444 e. The fourth-order valence-corrected chi connectivity index (χ4v) is 3.16. The molecular formula is C19H26FN5O4. The van der Waals surface area contributed by atoms with E-state index in [-0.39, 0.29) is 24.1 Å². The molecule has 158 valence electrons. The van der Waals surface area contributed by atoms with Gasteiger partial charge < -0.3 is 19.9 Å². The summed E-state index contributed by atoms with van der Waals surface area (Å²) in [6.45, 7) is 7.37. The number of amides is 3. The molecule has 2 fully saturated rings. The molecule has 2 N–H and O–H groups in total. The van der Waals surface area contributed by atoms with Crippen molar-refractivity contribution < 1.29 is 23.5 Å². The Hall–Kier alpha value is -2.91. The van der Waals surface area contributed by atoms with Gasteiger partial charge in [-0.15, -0.1) is 0 Å². The number of hydrogen-bond acceptors (Lipinski definition) is 7. The monoisotopic (exact) mass is 407 g/mol. The van der Waals surface area contributed by atoms with Gasteiger partial charge in [0.2, 0.25) is 11.8 Å². The third-order valence-corrected chi connectivity index (χ3v) is 4.66. The summed E-state index contributed by atoms with van der Waals surface area (Å²) in [4.78, 5) is 43.0. The molecule has 9 nitrogen and oxygen atoms in total. The van der Waals surface area contributed by atoms with Gasteiger partial charge in [0.1, 0.15) is 17.5 Å². The topological polar surface area (TPSA) is 104 Å². The van der Waals surface area contributed by atoms with Crippen LogP contribution in [0.1, 0.15) is 33.6 Å². The summed E-state index contributed by atoms with van der Waals surface area (Å²) >= 11 is 0. The van der Waals surface area contributed by atoms with E-state index in [1.54, 1.807) is 4.90 Å². The van der Waals surface area contributed by atoms with Gasteiger partial charge in [-0.05, 0) is 27.2 Å². The lowest BCUT2D eigenvalue weighted by atomic mass is 10.1. The van der Waals surface area contributed by atoms with Crippen molar-refractivity contribution in [3.8, 4) is 0 Å². The zero-order valence-corrected chi connectivity index (χ0v) is 16.8. The van der Waals surface area contributed by atoms with Gasteiger partial charge in [-0.2, -0.15) is 0 Å². The zero-order valence-electron chi connectivity index (χ0n) is 16.8. The Balaban J connectivity index is 1.58. The van der Waals surface area contributed by atoms with Crippen molar-refractivity contribution >= 4 is 29.4 Å². The molecule has 0 radical (unpaired) electrons. The molecule has 1 atom stereocenters. The standard InChI is InChI=1S/C19H26FN5O4/c1-19(2,3)29-18(28)25-8-6-24(7-9-25)15-10-12(20)14(11-21-15)22-13-4-5-16(26)23-17(13)27/h10-11,13,22H,4-9H2,1-3H3,(H,23,26,27). The minimum atomic E-state index is -0.674. The molecule has 0 aromatic carbocycles. The van der Waals surface area contributed by atoms with Gasteiger partial charge in [0.05, 0.1) is 11.9 Å². The van der Waals surface area contributed by atoms with Crippen molar-refractivity contribution in [1.82, 2.24) is 15.2 Å². The lowest BCUT2D eigenvalue weighted by molar-refractivity contribution is -0.133. The Labute approximate surface area is 168 Å². The van der Waals surface area contributed by atoms with E-state index < -0.39 is 23.4 Å². The number of rotatable bonds is 3. The minimum Gasteiger partial charge on any atom is -0.444 e. The number of pyridine rings is 1. The van der Waals surface area contributed by atoms with Crippen LogP contribution in [0.5, 0.6) is 0 Å². The normalized spacial score (nSPS) is 20.3. The van der Waals surface area contributed by atoms with Crippen LogP contribution in [0.15, 0.2) is 12.3 Å². The predicted molar refractivity (Wildman–Crippen MR) is 104 cm³/mol. The van der Waals surface area contributed by atoms with Crippen LogP contribution < -0.4 is 15.5 Å². The van der Waals surface area contributed by atoms with Crippen molar-refractivity contribution in [3.63, 3.8) is 0 Å². The number of imide groups is 1. The molecule has 2 saturated heterocycles. The lowest BCUT2D eigenvalue weighted by Gasteiger charge is -2.36. The van der Waals surface area contributed by atoms with E-state index >= 15 is 0 Å². The predicted octanol–water partition coefficient (Wildman–Crippen LogP) is 1.49. The average molecular weight is 407 g/mol. The number of nitrogens with one attached hydrogen (secondary N) is 2. The third kappa shape index (κ3) is 5.33. The number of ether oxygens (including phenoxy) is 1. The lowest BCUT2D eigenvalue weighted by Crippen LogP contribution is -2.50. The number of anilines is 2. The second kappa shape index (κ2) is 8.22. The van der Waals surface area contributed by atoms with Crippen LogP contribution in [0.4, 0.5) is 20.7 Å². The number of aromatic nitrogens is 1. The first kappa shape index (κ1) is 20.8. The molecule has 1 unspecified atom stereocenters. The summed E-state index contributed by atoms with van der Waals surface area (Å²) in [6.07, 6.45) is 1.49. The molecule has 3 amide bonds. The molecule has 3 rings (SSSR count). The van der Waals surface area contributed by atoms with E-state index in [4.69, 9.17) is 4.74 Å². The Kier molecular flexibility index (Phi) is 5.90. The number of piperidine rings is 1. The molecular weight excluding hydrogens is 381 g/mol. The molecule has 3 heterocycles. The maximum atomic E-state index is 14.5. The van der Waals surface area contributed by atoms with Crippen molar-refractivity contribution in [1.29, 1.82) is 0 Å². The Morgan fingerprint density at radius 2 is 1.97 bits per heavy atom. The third-order valence-electron chi connectivity index (χ3n) is 4.66. The van der Waals surface area contributed by atoms with Crippen LogP contribution in [0.3, 0.4) is 0 Å². The Morgan fingerprint density at radius 3 is 2.55 bits per heavy atom. The van der Waals surface area contributed by atoms with Crippen LogP contribution >= 0.6 is 0 Å². The van der Waals surface area contributed by atoms with Crippen molar-refractivity contribution in [3.05, 3.63) is 18.1 Å². The molecule has 0 aliphatic carbocycles. The molecule has 1 aromatic rings. The number of nitrogens with zero attached hydrogens (tertiary/aromatic N) is 3. The average Bonchev–Trinajstić information content (AvgIpc) is 2.64. The van der Waals surface area contributed by atoms with E-state index in [2.05, 4.69) is 15.6 Å². The van der Waals surface area contributed by atoms with Crippen LogP contribution in [-0.4, -0.2) is 65.6 Å². The molecule has 10 heteroatoms. The van der Waals surface area contributed by atoms with Crippen LogP contribution in [-0.2, 0) is 14.3 Å². The van der Waals surface area contributed by atoms with Gasteiger partial charge in [-0.1, -0.05) is 0 Å². The highest BCUT2D eigenvalue weighted by Gasteiger charge is 2.28. The summed E-state index contributed by atoms with van der Waals surface area (Å²) in [5.74, 6) is -0.870. The molecule has 1 aromatic heterocycles. The fourth-order valence-electron chi connectivity index (χ4n) is 3.16. The van der Waals surface area contributed by atoms with E-state index in [1.165, 1.54) is 12.3 Å². The van der Waals surface area contributed by atoms with Crippen LogP contribution in [0.2, 0.25) is 0 Å². The number of carbonyl (C=O) groups is 3. The zero-order chi connectivity index (χ0) is 21.2. The van der Waals surface area contributed by atoms with Gasteiger partial charge in [0, 0.05) is 38.7 Å². The molecule has 2 aliphatic heterocycles. The number of hydrogen-bond donors (Lipinski definition) is 2. The quantitative estimate of drug-likeness (QED) is 0.732. The second-order valence-electron chi connectivity index (χ2n) is 8.12. The summed E-state index contributed by atoms with van der Waals surface area (Å²) in [5, 5.41) is 5.03. The highest BCUT2D eigenvalue weighted by molar-refractivity contribution is 6.01. The summed E-state index contributed by atoms with van der Waals surface area (Å²) in [5.41, 5.74) is -0.444. The SMILES string of the molecule is CC(C)(C)OC(=O)N1CCN(c2cc(F)c(NC3CCC(=O)NC3=O)cn2)CC1. The Morgan fingerprint density at radius 1 is 1.28 bits per heavy atom. The first-order valence-corrected chi connectivity index (χ1v) is 9.61. The number of halogens is 1. The molecule has 0 bridgehead atoms. The first-order chi connectivity index (χ1) is 13.6. The molecule has 0 spiro atoms. The van der Waals surface area contributed by atoms with E-state index in [0.717, 1.165) is 0 Å². The number of piperazine rings is 1. The summed E-state index contributed by atoms with van der Waals surface area (Å²) in [6, 6.07) is 0.629. The van der Waals surface area contributed by atoms with Crippen molar-refractivity contribution in [2.45, 2.75) is 45.3 Å². The fraction of sp³-hybridized carbons (Fsp3) is 0.579.